The summed E-state index contributed by atoms with van der Waals surface area (Å²) in [5, 5.41) is 9.72. The molecule has 3 aliphatic heterocycles. The van der Waals surface area contributed by atoms with E-state index in [-0.39, 0.29) is 42.4 Å². The maximum atomic E-state index is 14.1. The number of aliphatic hydroxyl groups is 1. The SMILES string of the molecule is C=CCOC(=O)[C@H]1[C@H]2C(=O)N(CCO)C(C(=O)N(CC=C)C3CCCCC3)C23CC(Br)[C@@H]1O3. The molecule has 3 heterocycles. The lowest BCUT2D eigenvalue weighted by atomic mass is 9.70. The van der Waals surface area contributed by atoms with Crippen molar-refractivity contribution in [3.8, 4) is 0 Å². The van der Waals surface area contributed by atoms with Crippen LogP contribution in [-0.4, -0.2) is 87.6 Å². The number of rotatable bonds is 9. The Hall–Kier alpha value is -1.71. The number of likely N-dealkylation sites (tertiary alicyclic amines) is 1. The highest BCUT2D eigenvalue weighted by molar-refractivity contribution is 9.09. The van der Waals surface area contributed by atoms with Crippen LogP contribution in [0.15, 0.2) is 25.3 Å². The van der Waals surface area contributed by atoms with Crippen molar-refractivity contribution in [3.05, 3.63) is 25.3 Å². The summed E-state index contributed by atoms with van der Waals surface area (Å²) in [5.41, 5.74) is -1.13. The van der Waals surface area contributed by atoms with Gasteiger partial charge in [0.15, 0.2) is 0 Å². The molecule has 33 heavy (non-hydrogen) atoms. The maximum absolute atomic E-state index is 14.1. The minimum Gasteiger partial charge on any atom is -0.461 e. The van der Waals surface area contributed by atoms with Crippen LogP contribution < -0.4 is 0 Å². The summed E-state index contributed by atoms with van der Waals surface area (Å²) in [6.07, 6.45) is 8.17. The molecule has 4 fully saturated rings. The Morgan fingerprint density at radius 3 is 2.64 bits per heavy atom. The second-order valence-corrected chi connectivity index (χ2v) is 10.6. The standard InChI is InChI=1S/C24H33BrN2O6/c1-3-10-26(15-8-6-5-7-9-15)22(30)20-24-14-16(25)19(33-24)17(23(31)32-13-4-2)18(24)21(29)27(20)11-12-28/h3-4,15-20,28H,1-2,5-14H2/t16?,17-,18-,19-,20?,24?/m0/s1. The van der Waals surface area contributed by atoms with Gasteiger partial charge in [-0.05, 0) is 19.3 Å². The number of aliphatic hydroxyl groups excluding tert-OH is 1. The number of fused-ring (bicyclic) bond motifs is 1. The molecule has 1 saturated carbocycles. The first kappa shape index (κ1) is 24.4. The predicted octanol–water partition coefficient (Wildman–Crippen LogP) is 1.80. The van der Waals surface area contributed by atoms with Crippen LogP contribution in [-0.2, 0) is 23.9 Å². The summed E-state index contributed by atoms with van der Waals surface area (Å²) in [5.74, 6) is -2.65. The number of carbonyl (C=O) groups is 3. The van der Waals surface area contributed by atoms with Crippen molar-refractivity contribution < 1.29 is 29.0 Å². The van der Waals surface area contributed by atoms with Crippen molar-refractivity contribution in [2.45, 2.75) is 67.1 Å². The first-order valence-electron chi connectivity index (χ1n) is 11.8. The monoisotopic (exact) mass is 524 g/mol. The van der Waals surface area contributed by atoms with Crippen molar-refractivity contribution in [3.63, 3.8) is 0 Å². The highest BCUT2D eigenvalue weighted by Crippen LogP contribution is 2.60. The molecule has 0 aromatic carbocycles. The van der Waals surface area contributed by atoms with Crippen molar-refractivity contribution in [2.24, 2.45) is 11.8 Å². The molecular weight excluding hydrogens is 492 g/mol. The number of halogens is 1. The van der Waals surface area contributed by atoms with Gasteiger partial charge in [-0.2, -0.15) is 0 Å². The van der Waals surface area contributed by atoms with E-state index < -0.39 is 35.6 Å². The van der Waals surface area contributed by atoms with Gasteiger partial charge in [0.25, 0.3) is 0 Å². The van der Waals surface area contributed by atoms with E-state index >= 15 is 0 Å². The number of amides is 2. The van der Waals surface area contributed by atoms with E-state index in [1.807, 2.05) is 4.90 Å². The lowest BCUT2D eigenvalue weighted by molar-refractivity contribution is -0.154. The zero-order chi connectivity index (χ0) is 23.8. The lowest BCUT2D eigenvalue weighted by Gasteiger charge is -2.40. The Kier molecular flexibility index (Phi) is 7.31. The van der Waals surface area contributed by atoms with Crippen molar-refractivity contribution in [2.75, 3.05) is 26.3 Å². The zero-order valence-electron chi connectivity index (χ0n) is 18.9. The molecule has 1 aliphatic carbocycles. The number of hydrogen-bond acceptors (Lipinski definition) is 6. The first-order valence-corrected chi connectivity index (χ1v) is 12.7. The third kappa shape index (κ3) is 3.96. The number of hydrogen-bond donors (Lipinski definition) is 1. The van der Waals surface area contributed by atoms with E-state index in [4.69, 9.17) is 9.47 Å². The Labute approximate surface area is 203 Å². The topological polar surface area (TPSA) is 96.4 Å². The lowest BCUT2D eigenvalue weighted by Crippen LogP contribution is -2.59. The van der Waals surface area contributed by atoms with Crippen LogP contribution >= 0.6 is 15.9 Å². The molecule has 9 heteroatoms. The highest BCUT2D eigenvalue weighted by atomic mass is 79.9. The minimum atomic E-state index is -1.13. The molecule has 1 spiro atoms. The summed E-state index contributed by atoms with van der Waals surface area (Å²) < 4.78 is 11.7. The molecule has 4 aliphatic rings. The Balaban J connectivity index is 1.71. The average molecular weight is 525 g/mol. The molecule has 0 aromatic heterocycles. The van der Waals surface area contributed by atoms with Gasteiger partial charge in [0.1, 0.15) is 18.2 Å². The van der Waals surface area contributed by atoms with E-state index in [0.717, 1.165) is 32.1 Å². The van der Waals surface area contributed by atoms with Gasteiger partial charge < -0.3 is 24.4 Å². The summed E-state index contributed by atoms with van der Waals surface area (Å²) in [7, 11) is 0. The molecule has 182 valence electrons. The molecule has 0 radical (unpaired) electrons. The summed E-state index contributed by atoms with van der Waals surface area (Å²) >= 11 is 3.63. The van der Waals surface area contributed by atoms with Crippen molar-refractivity contribution in [1.82, 2.24) is 9.80 Å². The predicted molar refractivity (Wildman–Crippen MR) is 124 cm³/mol. The fraction of sp³-hybridized carbons (Fsp3) is 0.708. The van der Waals surface area contributed by atoms with Crippen LogP contribution in [0.1, 0.15) is 38.5 Å². The minimum absolute atomic E-state index is 0.00942. The Morgan fingerprint density at radius 1 is 1.27 bits per heavy atom. The summed E-state index contributed by atoms with van der Waals surface area (Å²) in [6, 6.07) is -0.816. The van der Waals surface area contributed by atoms with Gasteiger partial charge in [-0.25, -0.2) is 0 Å². The second kappa shape index (κ2) is 9.88. The summed E-state index contributed by atoms with van der Waals surface area (Å²) in [6.45, 7) is 7.57. The third-order valence-corrected chi connectivity index (χ3v) is 8.45. The number of alkyl halides is 1. The molecule has 0 aromatic rings. The summed E-state index contributed by atoms with van der Waals surface area (Å²) in [4.78, 5) is 43.8. The largest absolute Gasteiger partial charge is 0.461 e. The molecular formula is C24H33BrN2O6. The van der Waals surface area contributed by atoms with Gasteiger partial charge >= 0.3 is 5.97 Å². The molecule has 2 amide bonds. The molecule has 1 N–H and O–H groups in total. The van der Waals surface area contributed by atoms with Gasteiger partial charge in [-0.1, -0.05) is 53.9 Å². The Bertz CT molecular complexity index is 815. The van der Waals surface area contributed by atoms with E-state index in [1.54, 1.807) is 6.08 Å². The number of esters is 1. The quantitative estimate of drug-likeness (QED) is 0.280. The van der Waals surface area contributed by atoms with Crippen LogP contribution in [0.4, 0.5) is 0 Å². The van der Waals surface area contributed by atoms with E-state index in [1.165, 1.54) is 11.0 Å². The van der Waals surface area contributed by atoms with Crippen LogP contribution in [0, 0.1) is 11.8 Å². The highest BCUT2D eigenvalue weighted by Gasteiger charge is 2.77. The average Bonchev–Trinajstić information content (AvgIpc) is 3.40. The van der Waals surface area contributed by atoms with Gasteiger partial charge in [-0.15, -0.1) is 6.58 Å². The third-order valence-electron chi connectivity index (χ3n) is 7.60. The van der Waals surface area contributed by atoms with E-state index in [2.05, 4.69) is 29.1 Å². The van der Waals surface area contributed by atoms with Crippen molar-refractivity contribution >= 4 is 33.7 Å². The molecule has 6 atom stereocenters. The maximum Gasteiger partial charge on any atom is 0.312 e. The molecule has 3 saturated heterocycles. The van der Waals surface area contributed by atoms with Gasteiger partial charge in [-0.3, -0.25) is 14.4 Å². The number of ether oxygens (including phenoxy) is 2. The van der Waals surface area contributed by atoms with Crippen molar-refractivity contribution in [1.29, 1.82) is 0 Å². The molecule has 8 nitrogen and oxygen atoms in total. The van der Waals surface area contributed by atoms with Gasteiger partial charge in [0, 0.05) is 24.0 Å². The fourth-order valence-corrected chi connectivity index (χ4v) is 7.31. The van der Waals surface area contributed by atoms with Crippen LogP contribution in [0.5, 0.6) is 0 Å². The first-order chi connectivity index (χ1) is 15.9. The zero-order valence-corrected chi connectivity index (χ0v) is 20.5. The molecule has 2 bridgehead atoms. The molecule has 4 rings (SSSR count). The number of carbonyl (C=O) groups excluding carboxylic acids is 3. The van der Waals surface area contributed by atoms with Gasteiger partial charge in [0.05, 0.1) is 24.5 Å². The van der Waals surface area contributed by atoms with E-state index in [0.29, 0.717) is 13.0 Å². The fourth-order valence-electron chi connectivity index (χ4n) is 6.37. The van der Waals surface area contributed by atoms with Crippen LogP contribution in [0.2, 0.25) is 0 Å². The number of β-amino-alcohol motifs (C(OH)–C–C–N with tert-alkyl or cyclic N) is 1. The van der Waals surface area contributed by atoms with E-state index in [9.17, 15) is 19.5 Å². The van der Waals surface area contributed by atoms with Crippen LogP contribution in [0.3, 0.4) is 0 Å². The smallest absolute Gasteiger partial charge is 0.312 e. The van der Waals surface area contributed by atoms with Crippen LogP contribution in [0.25, 0.3) is 0 Å². The Morgan fingerprint density at radius 2 is 2.00 bits per heavy atom. The van der Waals surface area contributed by atoms with Gasteiger partial charge in [0.2, 0.25) is 11.8 Å². The number of nitrogens with zero attached hydrogens (tertiary/aromatic N) is 2. The second-order valence-electron chi connectivity index (χ2n) is 9.41. The normalized spacial score (nSPS) is 35.4. The molecule has 3 unspecified atom stereocenters.